The number of amides is 2. The summed E-state index contributed by atoms with van der Waals surface area (Å²) >= 11 is 12.6. The number of methoxy groups -OCH3 is 1. The van der Waals surface area contributed by atoms with Crippen LogP contribution in [0.2, 0.25) is 10.0 Å². The van der Waals surface area contributed by atoms with E-state index in [0.717, 1.165) is 30.0 Å². The number of benzene rings is 4. The number of para-hydroxylation sites is 2. The van der Waals surface area contributed by atoms with Gasteiger partial charge in [-0.15, -0.1) is 0 Å². The number of rotatable bonds is 15. The van der Waals surface area contributed by atoms with Gasteiger partial charge in [-0.25, -0.2) is 25.3 Å². The van der Waals surface area contributed by atoms with Crippen LogP contribution in [0, 0.1) is 0 Å². The highest BCUT2D eigenvalue weighted by atomic mass is 35.5. The van der Waals surface area contributed by atoms with Crippen LogP contribution in [0.25, 0.3) is 0 Å². The van der Waals surface area contributed by atoms with E-state index in [1.54, 1.807) is 12.1 Å². The zero-order valence-electron chi connectivity index (χ0n) is 30.6. The first-order chi connectivity index (χ1) is 27.1. The van der Waals surface area contributed by atoms with Crippen molar-refractivity contribution in [3.05, 3.63) is 95.0 Å². The third kappa shape index (κ3) is 9.49. The number of halogens is 2. The summed E-state index contributed by atoms with van der Waals surface area (Å²) in [7, 11) is -10.7. The Bertz CT molecular complexity index is 2480. The van der Waals surface area contributed by atoms with Crippen molar-refractivity contribution < 1.29 is 44.3 Å². The Morgan fingerprint density at radius 1 is 0.667 bits per heavy atom. The van der Waals surface area contributed by atoms with Gasteiger partial charge in [0.15, 0.2) is 6.61 Å². The molecule has 0 atom stereocenters. The summed E-state index contributed by atoms with van der Waals surface area (Å²) in [6.07, 6.45) is 3.00. The van der Waals surface area contributed by atoms with E-state index in [-0.39, 0.29) is 53.3 Å². The predicted molar refractivity (Wildman–Crippen MR) is 216 cm³/mol. The molecule has 4 aromatic carbocycles. The molecule has 0 spiro atoms. The van der Waals surface area contributed by atoms with Crippen LogP contribution >= 0.6 is 23.2 Å². The molecule has 0 saturated carbocycles. The van der Waals surface area contributed by atoms with Gasteiger partial charge in [-0.3, -0.25) is 13.9 Å². The molecule has 2 aliphatic heterocycles. The first-order valence-corrected chi connectivity index (χ1v) is 22.8. The SMILES string of the molecule is COc1ccccc1N(CC(=O)Nc1cc(S(=O)(=O)N2CCCC2)ccc1Cl)S(=O)(=O)c1ccc(OCC(=O)Nc2cc(S(=O)(=O)N3CCCC3)ccc2Cl)cc1. The average Bonchev–Trinajstić information content (AvgIpc) is 3.95. The van der Waals surface area contributed by atoms with Crippen LogP contribution in [0.1, 0.15) is 25.7 Å². The number of ether oxygens (including phenoxy) is 2. The Labute approximate surface area is 341 Å². The molecule has 4 aromatic rings. The molecule has 0 aromatic heterocycles. The molecule has 0 aliphatic carbocycles. The molecule has 0 bridgehead atoms. The molecule has 2 aliphatic rings. The van der Waals surface area contributed by atoms with Gasteiger partial charge in [0.1, 0.15) is 18.0 Å². The Morgan fingerprint density at radius 2 is 1.14 bits per heavy atom. The molecule has 2 N–H and O–H groups in total. The highest BCUT2D eigenvalue weighted by Crippen LogP contribution is 2.34. The van der Waals surface area contributed by atoms with Gasteiger partial charge >= 0.3 is 0 Å². The quantitative estimate of drug-likeness (QED) is 0.156. The molecule has 6 rings (SSSR count). The zero-order chi connectivity index (χ0) is 41.0. The maximum absolute atomic E-state index is 14.2. The molecule has 2 amide bonds. The lowest BCUT2D eigenvalue weighted by Crippen LogP contribution is -2.38. The van der Waals surface area contributed by atoms with Gasteiger partial charge in [-0.05, 0) is 98.5 Å². The van der Waals surface area contributed by atoms with Crippen LogP contribution in [0.4, 0.5) is 17.1 Å². The third-order valence-corrected chi connectivity index (χ3v) is 15.5. The van der Waals surface area contributed by atoms with E-state index in [1.165, 1.54) is 88.5 Å². The smallest absolute Gasteiger partial charge is 0.264 e. The van der Waals surface area contributed by atoms with Gasteiger partial charge in [0, 0.05) is 26.2 Å². The molecular weight excluding hydrogens is 842 g/mol. The molecule has 2 saturated heterocycles. The second-order valence-electron chi connectivity index (χ2n) is 13.0. The average molecular weight is 881 g/mol. The monoisotopic (exact) mass is 879 g/mol. The standard InChI is InChI=1S/C37H39Cl2N5O10S3/c1-53-35-9-3-2-8-34(35)44(24-36(45)40-32-22-28(14-16-30(32)38)55(47,48)42-18-4-5-19-42)57(51,52)27-12-10-26(11-13-27)54-25-37(46)41-33-23-29(15-17-31(33)39)56(49,50)43-20-6-7-21-43/h2-3,8-17,22-23H,4-7,18-21,24-25H2,1H3,(H,40,45)(H,41,46). The minimum atomic E-state index is -4.49. The van der Waals surface area contributed by atoms with E-state index in [0.29, 0.717) is 26.2 Å². The Morgan fingerprint density at radius 3 is 1.65 bits per heavy atom. The van der Waals surface area contributed by atoms with Gasteiger partial charge in [-0.1, -0.05) is 35.3 Å². The summed E-state index contributed by atoms with van der Waals surface area (Å²) in [5.41, 5.74) is 0.0982. The predicted octanol–water partition coefficient (Wildman–Crippen LogP) is 5.42. The van der Waals surface area contributed by atoms with Crippen molar-refractivity contribution in [2.45, 2.75) is 40.4 Å². The third-order valence-electron chi connectivity index (χ3n) is 9.25. The summed E-state index contributed by atoms with van der Waals surface area (Å²) in [5.74, 6) is -1.21. The topological polar surface area (TPSA) is 189 Å². The summed E-state index contributed by atoms with van der Waals surface area (Å²) in [5, 5.41) is 5.27. The lowest BCUT2D eigenvalue weighted by atomic mass is 10.3. The van der Waals surface area contributed by atoms with Gasteiger partial charge < -0.3 is 20.1 Å². The molecule has 20 heteroatoms. The Hall–Kier alpha value is -4.43. The van der Waals surface area contributed by atoms with Crippen molar-refractivity contribution in [3.63, 3.8) is 0 Å². The van der Waals surface area contributed by atoms with E-state index in [4.69, 9.17) is 32.7 Å². The highest BCUT2D eigenvalue weighted by Gasteiger charge is 2.32. The maximum atomic E-state index is 14.2. The number of hydrogen-bond acceptors (Lipinski definition) is 10. The molecule has 15 nitrogen and oxygen atoms in total. The maximum Gasteiger partial charge on any atom is 0.264 e. The van der Waals surface area contributed by atoms with Crippen LogP contribution in [-0.4, -0.2) is 92.1 Å². The molecule has 57 heavy (non-hydrogen) atoms. The largest absolute Gasteiger partial charge is 0.495 e. The fourth-order valence-corrected chi connectivity index (χ4v) is 11.2. The second kappa shape index (κ2) is 17.6. The van der Waals surface area contributed by atoms with Crippen LogP contribution < -0.4 is 24.4 Å². The van der Waals surface area contributed by atoms with Crippen molar-refractivity contribution >= 4 is 82.1 Å². The number of carbonyl (C=O) groups excluding carboxylic acids is 2. The fourth-order valence-electron chi connectivity index (χ4n) is 6.30. The molecule has 0 radical (unpaired) electrons. The van der Waals surface area contributed by atoms with Gasteiger partial charge in [0.25, 0.3) is 15.9 Å². The van der Waals surface area contributed by atoms with Crippen molar-refractivity contribution in [1.82, 2.24) is 8.61 Å². The molecule has 2 heterocycles. The summed E-state index contributed by atoms with van der Waals surface area (Å²) in [6, 6.07) is 19.3. The lowest BCUT2D eigenvalue weighted by Gasteiger charge is -2.26. The number of nitrogens with zero attached hydrogens (tertiary/aromatic N) is 3. The molecular formula is C37H39Cl2N5O10S3. The van der Waals surface area contributed by atoms with Crippen molar-refractivity contribution in [3.8, 4) is 11.5 Å². The summed E-state index contributed by atoms with van der Waals surface area (Å²) in [6.45, 7) is 0.285. The highest BCUT2D eigenvalue weighted by molar-refractivity contribution is 7.93. The Balaban J connectivity index is 1.16. The second-order valence-corrected chi connectivity index (χ2v) is 19.6. The summed E-state index contributed by atoms with van der Waals surface area (Å²) in [4.78, 5) is 26.1. The Kier molecular flexibility index (Phi) is 13.0. The number of nitrogens with one attached hydrogen (secondary N) is 2. The van der Waals surface area contributed by atoms with Gasteiger partial charge in [0.2, 0.25) is 26.0 Å². The van der Waals surface area contributed by atoms with Crippen LogP contribution in [0.5, 0.6) is 11.5 Å². The molecule has 2 fully saturated rings. The minimum absolute atomic E-state index is 0.0113. The number of hydrogen-bond donors (Lipinski definition) is 2. The molecule has 0 unspecified atom stereocenters. The summed E-state index contributed by atoms with van der Waals surface area (Å²) < 4.78 is 95.4. The van der Waals surface area contributed by atoms with E-state index < -0.39 is 55.0 Å². The number of carbonyl (C=O) groups is 2. The van der Waals surface area contributed by atoms with Crippen molar-refractivity contribution in [1.29, 1.82) is 0 Å². The van der Waals surface area contributed by atoms with Crippen molar-refractivity contribution in [2.75, 3.05) is 61.4 Å². The van der Waals surface area contributed by atoms with Crippen molar-refractivity contribution in [2.24, 2.45) is 0 Å². The van der Waals surface area contributed by atoms with E-state index >= 15 is 0 Å². The minimum Gasteiger partial charge on any atom is -0.495 e. The molecule has 304 valence electrons. The first-order valence-electron chi connectivity index (χ1n) is 17.7. The van der Waals surface area contributed by atoms with Gasteiger partial charge in [-0.2, -0.15) is 8.61 Å². The van der Waals surface area contributed by atoms with Crippen LogP contribution in [-0.2, 0) is 39.7 Å². The van der Waals surface area contributed by atoms with E-state index in [2.05, 4.69) is 10.6 Å². The number of sulfonamides is 3. The lowest BCUT2D eigenvalue weighted by molar-refractivity contribution is -0.118. The number of anilines is 3. The van der Waals surface area contributed by atoms with Crippen LogP contribution in [0.3, 0.4) is 0 Å². The normalized spacial score (nSPS) is 15.3. The fraction of sp³-hybridized carbons (Fsp3) is 0.297. The van der Waals surface area contributed by atoms with Gasteiger partial charge in [0.05, 0.1) is 48.9 Å². The van der Waals surface area contributed by atoms with Crippen LogP contribution in [0.15, 0.2) is 99.6 Å². The first kappa shape index (κ1) is 42.2. The zero-order valence-corrected chi connectivity index (χ0v) is 34.5. The van der Waals surface area contributed by atoms with E-state index in [9.17, 15) is 34.8 Å². The van der Waals surface area contributed by atoms with E-state index in [1.807, 2.05) is 0 Å².